The lowest BCUT2D eigenvalue weighted by atomic mass is 9.96. The third-order valence-electron chi connectivity index (χ3n) is 5.71. The van der Waals surface area contributed by atoms with Gasteiger partial charge in [-0.25, -0.2) is 0 Å². The van der Waals surface area contributed by atoms with Crippen LogP contribution < -0.4 is 4.74 Å². The van der Waals surface area contributed by atoms with Crippen molar-refractivity contribution in [2.75, 3.05) is 6.61 Å². The topological polar surface area (TPSA) is 89.7 Å². The maximum atomic E-state index is 12.0. The highest BCUT2D eigenvalue weighted by Gasteiger charge is 2.23. The van der Waals surface area contributed by atoms with E-state index in [1.165, 1.54) is 11.6 Å². The number of nitro groups is 1. The van der Waals surface area contributed by atoms with Gasteiger partial charge in [0.25, 0.3) is 0 Å². The molecule has 0 saturated heterocycles. The van der Waals surface area contributed by atoms with Gasteiger partial charge in [-0.15, -0.1) is 0 Å². The van der Waals surface area contributed by atoms with Crippen molar-refractivity contribution in [2.45, 2.75) is 25.7 Å². The summed E-state index contributed by atoms with van der Waals surface area (Å²) in [6.07, 6.45) is 1.60. The highest BCUT2D eigenvalue weighted by Crippen LogP contribution is 2.40. The van der Waals surface area contributed by atoms with Crippen molar-refractivity contribution < 1.29 is 19.6 Å². The number of carboxylic acid groups (broad SMARTS) is 1. The van der Waals surface area contributed by atoms with Gasteiger partial charge in [0.2, 0.25) is 5.75 Å². The summed E-state index contributed by atoms with van der Waals surface area (Å²) >= 11 is 0. The van der Waals surface area contributed by atoms with Crippen LogP contribution in [0, 0.1) is 10.1 Å². The molecule has 4 aromatic carbocycles. The van der Waals surface area contributed by atoms with E-state index in [0.29, 0.717) is 24.2 Å². The van der Waals surface area contributed by atoms with Gasteiger partial charge >= 0.3 is 11.7 Å². The number of carboxylic acids is 1. The minimum atomic E-state index is -0.948. The molecule has 0 aliphatic heterocycles. The molecule has 0 amide bonds. The molecule has 0 unspecified atom stereocenters. The van der Waals surface area contributed by atoms with Crippen LogP contribution in [-0.2, 0) is 17.6 Å². The molecule has 4 aromatic rings. The molecule has 6 heteroatoms. The second kappa shape index (κ2) is 10.6. The Hall–Kier alpha value is -4.19. The molecule has 4 rings (SSSR count). The maximum absolute atomic E-state index is 12.0. The zero-order chi connectivity index (χ0) is 23.9. The first-order valence-electron chi connectivity index (χ1n) is 11.2. The summed E-state index contributed by atoms with van der Waals surface area (Å²) in [5, 5.41) is 23.1. The Kier molecular flexibility index (Phi) is 7.18. The molecule has 0 bridgehead atoms. The molecule has 0 fully saturated rings. The van der Waals surface area contributed by atoms with Crippen LogP contribution in [0.5, 0.6) is 5.75 Å². The number of aliphatic carboxylic acids is 1. The fraction of sp³-hybridized carbons (Fsp3) is 0.179. The van der Waals surface area contributed by atoms with Crippen LogP contribution in [0.3, 0.4) is 0 Å². The summed E-state index contributed by atoms with van der Waals surface area (Å²) in [5.41, 5.74) is 3.01. The number of aryl methyl sites for hydroxylation is 2. The normalized spacial score (nSPS) is 10.8. The quantitative estimate of drug-likeness (QED) is 0.169. The van der Waals surface area contributed by atoms with Gasteiger partial charge in [-0.3, -0.25) is 14.9 Å². The number of carbonyl (C=O) groups is 1. The predicted molar refractivity (Wildman–Crippen MR) is 132 cm³/mol. The summed E-state index contributed by atoms with van der Waals surface area (Å²) < 4.78 is 6.04. The molecule has 0 radical (unpaired) electrons. The predicted octanol–water partition coefficient (Wildman–Crippen LogP) is 6.44. The molecule has 34 heavy (non-hydrogen) atoms. The van der Waals surface area contributed by atoms with Crippen molar-refractivity contribution in [3.05, 3.63) is 106 Å². The van der Waals surface area contributed by atoms with Crippen LogP contribution in [0.15, 0.2) is 84.9 Å². The van der Waals surface area contributed by atoms with Crippen LogP contribution in [0.4, 0.5) is 5.69 Å². The van der Waals surface area contributed by atoms with Crippen molar-refractivity contribution in [3.8, 4) is 16.9 Å². The maximum Gasteiger partial charge on any atom is 0.311 e. The Labute approximate surface area is 197 Å². The molecule has 0 spiro atoms. The van der Waals surface area contributed by atoms with Gasteiger partial charge in [0.1, 0.15) is 0 Å². The number of hydrogen-bond acceptors (Lipinski definition) is 4. The lowest BCUT2D eigenvalue weighted by molar-refractivity contribution is -0.385. The first kappa shape index (κ1) is 23.0. The van der Waals surface area contributed by atoms with E-state index in [2.05, 4.69) is 0 Å². The number of nitrogens with zero attached hydrogens (tertiary/aromatic N) is 1. The number of rotatable bonds is 10. The molecule has 0 aliphatic rings. The van der Waals surface area contributed by atoms with Gasteiger partial charge in [0, 0.05) is 18.1 Å². The van der Waals surface area contributed by atoms with Crippen molar-refractivity contribution >= 4 is 22.4 Å². The van der Waals surface area contributed by atoms with Gasteiger partial charge in [-0.05, 0) is 58.9 Å². The number of hydrogen-bond donors (Lipinski definition) is 1. The van der Waals surface area contributed by atoms with Crippen molar-refractivity contribution in [1.82, 2.24) is 0 Å². The average molecular weight is 456 g/mol. The smallest absolute Gasteiger partial charge is 0.311 e. The van der Waals surface area contributed by atoms with E-state index < -0.39 is 10.9 Å². The van der Waals surface area contributed by atoms with Gasteiger partial charge in [-0.2, -0.15) is 0 Å². The average Bonchev–Trinajstić information content (AvgIpc) is 2.85. The van der Waals surface area contributed by atoms with Crippen molar-refractivity contribution in [2.24, 2.45) is 0 Å². The fourth-order valence-electron chi connectivity index (χ4n) is 4.02. The van der Waals surface area contributed by atoms with Crippen LogP contribution >= 0.6 is 0 Å². The van der Waals surface area contributed by atoms with E-state index in [4.69, 9.17) is 9.84 Å². The molecule has 0 aromatic heterocycles. The highest BCUT2D eigenvalue weighted by molar-refractivity contribution is 5.89. The zero-order valence-corrected chi connectivity index (χ0v) is 18.6. The van der Waals surface area contributed by atoms with Crippen LogP contribution in [0.25, 0.3) is 21.9 Å². The standard InChI is InChI=1S/C28H25NO5/c30-27(31)15-12-21-17-25(24-14-13-22-10-4-5-11-23(22)19-24)28(26(18-21)29(32)33)34-16-6-9-20-7-2-1-3-8-20/h1-5,7-8,10-11,13-14,17-19H,6,9,12,15-16H2,(H,30,31). The van der Waals surface area contributed by atoms with Crippen LogP contribution in [0.1, 0.15) is 24.0 Å². The molecule has 172 valence electrons. The van der Waals surface area contributed by atoms with Crippen molar-refractivity contribution in [3.63, 3.8) is 0 Å². The largest absolute Gasteiger partial charge is 0.486 e. The third-order valence-corrected chi connectivity index (χ3v) is 5.71. The lowest BCUT2D eigenvalue weighted by Gasteiger charge is -2.15. The monoisotopic (exact) mass is 455 g/mol. The second-order valence-electron chi connectivity index (χ2n) is 8.14. The molecule has 0 saturated carbocycles. The Bertz CT molecular complexity index is 1320. The molecule has 6 nitrogen and oxygen atoms in total. The molecule has 0 aliphatic carbocycles. The fourth-order valence-corrected chi connectivity index (χ4v) is 4.02. The summed E-state index contributed by atoms with van der Waals surface area (Å²) in [5.74, 6) is -0.733. The van der Waals surface area contributed by atoms with E-state index >= 15 is 0 Å². The highest BCUT2D eigenvalue weighted by atomic mass is 16.6. The summed E-state index contributed by atoms with van der Waals surface area (Å²) in [7, 11) is 0. The summed E-state index contributed by atoms with van der Waals surface area (Å²) in [6, 6.07) is 27.0. The van der Waals surface area contributed by atoms with E-state index in [9.17, 15) is 14.9 Å². The molecule has 0 atom stereocenters. The number of benzene rings is 4. The lowest BCUT2D eigenvalue weighted by Crippen LogP contribution is -2.05. The summed E-state index contributed by atoms with van der Waals surface area (Å²) in [6.45, 7) is 0.324. The molecule has 1 N–H and O–H groups in total. The van der Waals surface area contributed by atoms with E-state index in [0.717, 1.165) is 22.8 Å². The SMILES string of the molecule is O=C(O)CCc1cc(-c2ccc3ccccc3c2)c(OCCCc2ccccc2)c([N+](=O)[O-])c1. The Balaban J connectivity index is 1.70. The van der Waals surface area contributed by atoms with Gasteiger partial charge < -0.3 is 9.84 Å². The zero-order valence-electron chi connectivity index (χ0n) is 18.6. The number of nitro benzene ring substituents is 1. The number of ether oxygens (including phenoxy) is 1. The molecular formula is C28H25NO5. The van der Waals surface area contributed by atoms with E-state index in [1.807, 2.05) is 78.9 Å². The first-order valence-corrected chi connectivity index (χ1v) is 11.2. The van der Waals surface area contributed by atoms with Crippen molar-refractivity contribution in [1.29, 1.82) is 0 Å². The van der Waals surface area contributed by atoms with E-state index in [1.54, 1.807) is 0 Å². The van der Waals surface area contributed by atoms with Gasteiger partial charge in [-0.1, -0.05) is 66.7 Å². The number of fused-ring (bicyclic) bond motifs is 1. The third kappa shape index (κ3) is 5.59. The Morgan fingerprint density at radius 3 is 2.32 bits per heavy atom. The Morgan fingerprint density at radius 1 is 0.853 bits per heavy atom. The van der Waals surface area contributed by atoms with Crippen LogP contribution in [-0.4, -0.2) is 22.6 Å². The first-order chi connectivity index (χ1) is 16.5. The van der Waals surface area contributed by atoms with Gasteiger partial charge in [0.15, 0.2) is 0 Å². The minimum absolute atomic E-state index is 0.106. The summed E-state index contributed by atoms with van der Waals surface area (Å²) in [4.78, 5) is 22.6. The second-order valence-corrected chi connectivity index (χ2v) is 8.14. The minimum Gasteiger partial charge on any atom is -0.486 e. The van der Waals surface area contributed by atoms with Gasteiger partial charge in [0.05, 0.1) is 11.5 Å². The Morgan fingerprint density at radius 2 is 1.59 bits per heavy atom. The van der Waals surface area contributed by atoms with E-state index in [-0.39, 0.29) is 24.3 Å². The van der Waals surface area contributed by atoms with Crippen LogP contribution in [0.2, 0.25) is 0 Å². The molecule has 0 heterocycles. The molecular weight excluding hydrogens is 430 g/mol.